The van der Waals surface area contributed by atoms with E-state index in [1.165, 1.54) is 113 Å². The molecule has 0 aliphatic heterocycles. The van der Waals surface area contributed by atoms with Gasteiger partial charge in [0.05, 0.1) is 29.9 Å². The van der Waals surface area contributed by atoms with E-state index < -0.39 is 77.5 Å². The van der Waals surface area contributed by atoms with E-state index in [1.54, 1.807) is 36.4 Å². The Morgan fingerprint density at radius 3 is 1.30 bits per heavy atom. The van der Waals surface area contributed by atoms with Gasteiger partial charge >= 0.3 is 26.5 Å². The van der Waals surface area contributed by atoms with Crippen LogP contribution < -0.4 is 23.7 Å². The zero-order chi connectivity index (χ0) is 58.1. The number of esters is 3. The van der Waals surface area contributed by atoms with E-state index in [0.717, 1.165) is 63.1 Å². The first-order valence-corrected chi connectivity index (χ1v) is 38.1. The zero-order valence-corrected chi connectivity index (χ0v) is 51.4. The Morgan fingerprint density at radius 1 is 0.412 bits per heavy atom. The molecule has 10 nitrogen and oxygen atoms in total. The van der Waals surface area contributed by atoms with E-state index in [9.17, 15) is 23.2 Å². The van der Waals surface area contributed by atoms with Gasteiger partial charge in [0.2, 0.25) is 11.6 Å². The minimum Gasteiger partial charge on any atom is -0.490 e. The predicted molar refractivity (Wildman–Crippen MR) is 316 cm³/mol. The molecule has 0 unspecified atom stereocenters. The maximum Gasteiger partial charge on any atom is 0.346 e. The minimum absolute atomic E-state index is 0.0128. The van der Waals surface area contributed by atoms with Crippen molar-refractivity contribution in [3.8, 4) is 39.9 Å². The number of halogens is 4. The molecule has 0 amide bonds. The minimum atomic E-state index is -2.11. The lowest BCUT2D eigenvalue weighted by Crippen LogP contribution is -2.51. The van der Waals surface area contributed by atoms with Crippen LogP contribution in [-0.2, 0) is 8.23 Å². The Hall–Kier alpha value is -5.60. The average molecular weight is 1160 g/mol. The van der Waals surface area contributed by atoms with Crippen LogP contribution in [0.1, 0.15) is 160 Å². The van der Waals surface area contributed by atoms with E-state index in [2.05, 4.69) is 52.8 Å². The van der Waals surface area contributed by atoms with Gasteiger partial charge in [0.1, 0.15) is 17.2 Å². The highest BCUT2D eigenvalue weighted by atomic mass is 28.5. The lowest BCUT2D eigenvalue weighted by molar-refractivity contribution is 0.0717. The summed E-state index contributed by atoms with van der Waals surface area (Å²) in [5.41, 5.74) is 0.250. The molecular weight excluding hydrogens is 1080 g/mol. The van der Waals surface area contributed by atoms with E-state index >= 15 is 8.78 Å². The van der Waals surface area contributed by atoms with Gasteiger partial charge in [0.15, 0.2) is 39.8 Å². The van der Waals surface area contributed by atoms with E-state index in [4.69, 9.17) is 31.9 Å². The number of unbranched alkanes of at least 4 members (excludes halogenated alkanes) is 17. The summed E-state index contributed by atoms with van der Waals surface area (Å²) in [7, 11) is -5.51. The number of carbonyl (C=O) groups excluding carboxylic acids is 3. The van der Waals surface area contributed by atoms with Crippen LogP contribution in [0.25, 0.3) is 11.1 Å². The topological polar surface area (TPSA) is 116 Å². The highest BCUT2D eigenvalue weighted by molar-refractivity contribution is 6.87. The number of hydrogen-bond donors (Lipinski definition) is 0. The second kappa shape index (κ2) is 32.7. The lowest BCUT2D eigenvalue weighted by Gasteiger charge is -2.37. The van der Waals surface area contributed by atoms with Crippen LogP contribution >= 0.6 is 0 Å². The van der Waals surface area contributed by atoms with Gasteiger partial charge in [-0.15, -0.1) is 0 Å². The van der Waals surface area contributed by atoms with Gasteiger partial charge in [0.25, 0.3) is 0 Å². The Bertz CT molecular complexity index is 2730. The van der Waals surface area contributed by atoms with E-state index in [1.807, 2.05) is 0 Å². The van der Waals surface area contributed by atoms with Crippen LogP contribution in [0, 0.1) is 23.3 Å². The summed E-state index contributed by atoms with van der Waals surface area (Å²) >= 11 is 0. The molecule has 0 radical (unpaired) electrons. The van der Waals surface area contributed by atoms with Crippen molar-refractivity contribution in [3.63, 3.8) is 0 Å². The fraction of sp³-hybridized carbons (Fsp3) is 0.476. The van der Waals surface area contributed by atoms with Crippen molar-refractivity contribution < 1.29 is 63.9 Å². The van der Waals surface area contributed by atoms with Crippen LogP contribution in [0.5, 0.6) is 28.7 Å². The first-order valence-electron chi connectivity index (χ1n) is 28.7. The SMILES string of the molecule is CCCCCCCCCCCCOc1ccc(C(=O)Oc2ccc(C(=O)Oc3cccc(-c4ccc(OC(=O)c5ccc(OCCCCCCCCCCC[Si](C)(C)O[Si](C)(C)O[Si](C)(C)C)c(F)c5F)cc4)c3)cc2)c(F)c1F. The number of benzene rings is 5. The number of ether oxygens (including phenoxy) is 5. The van der Waals surface area contributed by atoms with Crippen molar-refractivity contribution in [2.75, 3.05) is 13.2 Å². The van der Waals surface area contributed by atoms with Crippen molar-refractivity contribution in [1.82, 2.24) is 0 Å². The molecule has 0 saturated carbocycles. The van der Waals surface area contributed by atoms with Crippen molar-refractivity contribution in [3.05, 3.63) is 137 Å². The van der Waals surface area contributed by atoms with Crippen LogP contribution in [0.3, 0.4) is 0 Å². The molecule has 5 aromatic rings. The van der Waals surface area contributed by atoms with Crippen molar-refractivity contribution >= 4 is 43.1 Å². The molecule has 0 aliphatic rings. The number of carbonyl (C=O) groups is 3. The van der Waals surface area contributed by atoms with Gasteiger partial charge in [-0.25, -0.2) is 23.2 Å². The molecule has 0 bridgehead atoms. The second-order valence-corrected chi connectivity index (χ2v) is 35.2. The summed E-state index contributed by atoms with van der Waals surface area (Å²) in [6.45, 7) is 18.3. The number of rotatable bonds is 36. The first-order chi connectivity index (χ1) is 38.1. The Kier molecular flexibility index (Phi) is 26.7. The third-order valence-electron chi connectivity index (χ3n) is 13.3. The van der Waals surface area contributed by atoms with Gasteiger partial charge in [0, 0.05) is 0 Å². The Morgan fingerprint density at radius 2 is 0.838 bits per heavy atom. The summed E-state index contributed by atoms with van der Waals surface area (Å²) in [6, 6.07) is 24.2. The summed E-state index contributed by atoms with van der Waals surface area (Å²) < 4.78 is 100. The van der Waals surface area contributed by atoms with Gasteiger partial charge in [-0.2, -0.15) is 8.78 Å². The summed E-state index contributed by atoms with van der Waals surface area (Å²) in [6.07, 6.45) is 21.0. The molecule has 17 heteroatoms. The summed E-state index contributed by atoms with van der Waals surface area (Å²) in [5.74, 6) is -8.46. The van der Waals surface area contributed by atoms with Crippen LogP contribution in [0.15, 0.2) is 97.1 Å². The maximum atomic E-state index is 15.1. The van der Waals surface area contributed by atoms with E-state index in [-0.39, 0.29) is 47.5 Å². The molecule has 5 aromatic carbocycles. The lowest BCUT2D eigenvalue weighted by atomic mass is 10.1. The average Bonchev–Trinajstić information content (AvgIpc) is 3.43. The Balaban J connectivity index is 0.985. The molecule has 5 rings (SSSR count). The quantitative estimate of drug-likeness (QED) is 0.0126. The molecule has 80 heavy (non-hydrogen) atoms. The highest BCUT2D eigenvalue weighted by Gasteiger charge is 2.37. The van der Waals surface area contributed by atoms with Gasteiger partial charge in [-0.05, 0) is 149 Å². The van der Waals surface area contributed by atoms with Crippen molar-refractivity contribution in [1.29, 1.82) is 0 Å². The first kappa shape index (κ1) is 65.2. The molecule has 0 saturated heterocycles. The van der Waals surface area contributed by atoms with Crippen molar-refractivity contribution in [2.24, 2.45) is 0 Å². The largest absolute Gasteiger partial charge is 0.490 e. The van der Waals surface area contributed by atoms with Crippen LogP contribution in [-0.4, -0.2) is 56.3 Å². The maximum absolute atomic E-state index is 15.1. The smallest absolute Gasteiger partial charge is 0.346 e. The molecule has 0 aromatic heterocycles. The molecule has 436 valence electrons. The Labute approximate surface area is 475 Å². The molecular formula is C63H84F4O10Si3. The van der Waals surface area contributed by atoms with Crippen molar-refractivity contribution in [2.45, 2.75) is 181 Å². The molecule has 0 fully saturated rings. The predicted octanol–water partition coefficient (Wildman–Crippen LogP) is 18.5. The molecule has 0 atom stereocenters. The standard InChI is InChI=1S/C63H84F4O10Si3/c1-9-10-11-12-13-14-16-19-22-25-43-71-56-42-40-54(58(65)60(56)67)63(70)74-51-37-33-48(34-38-51)61(68)75-52-30-28-29-49(46-52)47-31-35-50(36-32-47)73-62(69)53-39-41-55(59(66)57(53)64)72-44-26-23-20-17-15-18-21-24-27-45-79(5,6)77-80(7,8)76-78(2,3)4/h28-42,46H,9-27,43-45H2,1-8H3. The molecule has 0 spiro atoms. The second-order valence-electron chi connectivity index (χ2n) is 22.5. The van der Waals surface area contributed by atoms with Gasteiger partial charge in [-0.1, -0.05) is 140 Å². The van der Waals surface area contributed by atoms with Crippen LogP contribution in [0.2, 0.25) is 51.9 Å². The monoisotopic (exact) mass is 1160 g/mol. The third kappa shape index (κ3) is 22.7. The highest BCUT2D eigenvalue weighted by Crippen LogP contribution is 2.31. The fourth-order valence-electron chi connectivity index (χ4n) is 9.52. The number of hydrogen-bond acceptors (Lipinski definition) is 10. The summed E-state index contributed by atoms with van der Waals surface area (Å²) in [5, 5.41) is 0. The van der Waals surface area contributed by atoms with E-state index in [0.29, 0.717) is 24.0 Å². The fourth-order valence-corrected chi connectivity index (χ4v) is 22.8. The molecule has 0 aliphatic carbocycles. The van der Waals surface area contributed by atoms with Crippen LogP contribution in [0.4, 0.5) is 17.6 Å². The van der Waals surface area contributed by atoms with Gasteiger partial charge < -0.3 is 31.9 Å². The molecule has 0 N–H and O–H groups in total. The summed E-state index contributed by atoms with van der Waals surface area (Å²) in [4.78, 5) is 38.9. The zero-order valence-electron chi connectivity index (χ0n) is 48.4. The molecule has 0 heterocycles. The third-order valence-corrected chi connectivity index (χ3v) is 23.4. The van der Waals surface area contributed by atoms with Gasteiger partial charge in [-0.3, -0.25) is 0 Å². The normalized spacial score (nSPS) is 11.8.